The maximum absolute atomic E-state index is 13.1. The number of rotatable bonds is 7. The van der Waals surface area contributed by atoms with E-state index in [0.717, 1.165) is 12.1 Å². The molecule has 0 saturated heterocycles. The predicted molar refractivity (Wildman–Crippen MR) is 72.8 cm³/mol. The molecule has 20 heavy (non-hydrogen) atoms. The Bertz CT molecular complexity index is 589. The zero-order valence-electron chi connectivity index (χ0n) is 10.8. The second kappa shape index (κ2) is 7.06. The van der Waals surface area contributed by atoms with Crippen LogP contribution < -0.4 is 10.5 Å². The fourth-order valence-electron chi connectivity index (χ4n) is 1.48. The van der Waals surface area contributed by atoms with E-state index in [1.165, 1.54) is 13.2 Å². The topological polar surface area (TPSA) is 114 Å². The summed E-state index contributed by atoms with van der Waals surface area (Å²) < 4.78 is 43.8. The normalized spacial score (nSPS) is 12.4. The van der Waals surface area contributed by atoms with Crippen molar-refractivity contribution in [2.24, 2.45) is 10.9 Å². The Hall–Kier alpha value is -1.87. The Labute approximate surface area is 116 Å². The molecule has 9 heteroatoms. The molecule has 0 spiro atoms. The maximum Gasteiger partial charge on any atom is 0.232 e. The minimum Gasteiger partial charge on any atom is -0.409 e. The van der Waals surface area contributed by atoms with Crippen molar-refractivity contribution in [2.45, 2.75) is 6.42 Å². The number of amidine groups is 1. The van der Waals surface area contributed by atoms with Gasteiger partial charge in [0.2, 0.25) is 10.0 Å². The average Bonchev–Trinajstić information content (AvgIpc) is 2.40. The summed E-state index contributed by atoms with van der Waals surface area (Å²) >= 11 is 0. The van der Waals surface area contributed by atoms with Crippen molar-refractivity contribution in [3.8, 4) is 0 Å². The lowest BCUT2D eigenvalue weighted by Crippen LogP contribution is -2.22. The number of hydrogen-bond donors (Lipinski definition) is 3. The van der Waals surface area contributed by atoms with Crippen LogP contribution in [0.2, 0.25) is 0 Å². The minimum absolute atomic E-state index is 0.0391. The summed E-state index contributed by atoms with van der Waals surface area (Å²) in [7, 11) is -2.16. The zero-order valence-corrected chi connectivity index (χ0v) is 11.7. The van der Waals surface area contributed by atoms with Gasteiger partial charge < -0.3 is 15.7 Å². The van der Waals surface area contributed by atoms with E-state index in [4.69, 9.17) is 15.7 Å². The molecule has 1 aromatic rings. The standard InChI is InChI=1S/C11H16FN3O4S/c1-19-5-2-6-20(17,18)15-10-4-3-8(12)7-9(10)11(13)14-16/h3-4,7,15-16H,2,5-6H2,1H3,(H2,13,14). The first kappa shape index (κ1) is 16.2. The summed E-state index contributed by atoms with van der Waals surface area (Å²) in [4.78, 5) is 0. The number of halogens is 1. The number of nitrogens with zero attached hydrogens (tertiary/aromatic N) is 1. The van der Waals surface area contributed by atoms with E-state index >= 15 is 0 Å². The molecule has 0 unspecified atom stereocenters. The molecule has 7 nitrogen and oxygen atoms in total. The highest BCUT2D eigenvalue weighted by Gasteiger charge is 2.15. The van der Waals surface area contributed by atoms with Crippen molar-refractivity contribution in [3.05, 3.63) is 29.6 Å². The summed E-state index contributed by atoms with van der Waals surface area (Å²) in [6.45, 7) is 0.303. The molecule has 4 N–H and O–H groups in total. The van der Waals surface area contributed by atoms with Crippen molar-refractivity contribution in [2.75, 3.05) is 24.2 Å². The molecule has 1 rings (SSSR count). The summed E-state index contributed by atoms with van der Waals surface area (Å²) in [6, 6.07) is 3.25. The molecule has 0 aliphatic rings. The smallest absolute Gasteiger partial charge is 0.232 e. The zero-order chi connectivity index (χ0) is 15.2. The van der Waals surface area contributed by atoms with Crippen LogP contribution in [0.1, 0.15) is 12.0 Å². The van der Waals surface area contributed by atoms with Crippen molar-refractivity contribution in [1.29, 1.82) is 0 Å². The number of hydrogen-bond acceptors (Lipinski definition) is 5. The van der Waals surface area contributed by atoms with E-state index in [2.05, 4.69) is 9.88 Å². The van der Waals surface area contributed by atoms with Gasteiger partial charge in [-0.25, -0.2) is 12.8 Å². The highest BCUT2D eigenvalue weighted by molar-refractivity contribution is 7.92. The fraction of sp³-hybridized carbons (Fsp3) is 0.364. The molecule has 0 saturated carbocycles. The molecule has 112 valence electrons. The molecular formula is C11H16FN3O4S. The largest absolute Gasteiger partial charge is 0.409 e. The number of methoxy groups -OCH3 is 1. The van der Waals surface area contributed by atoms with Crippen molar-refractivity contribution >= 4 is 21.5 Å². The Morgan fingerprint density at radius 1 is 1.55 bits per heavy atom. The lowest BCUT2D eigenvalue weighted by Gasteiger charge is -2.11. The second-order valence-electron chi connectivity index (χ2n) is 3.94. The molecular weight excluding hydrogens is 289 g/mol. The highest BCUT2D eigenvalue weighted by Crippen LogP contribution is 2.18. The van der Waals surface area contributed by atoms with Crippen LogP contribution in [0.5, 0.6) is 0 Å². The first-order valence-electron chi connectivity index (χ1n) is 5.66. The van der Waals surface area contributed by atoms with Gasteiger partial charge in [-0.15, -0.1) is 0 Å². The highest BCUT2D eigenvalue weighted by atomic mass is 32.2. The molecule has 0 heterocycles. The fourth-order valence-corrected chi connectivity index (χ4v) is 2.60. The van der Waals surface area contributed by atoms with Crippen LogP contribution in [-0.2, 0) is 14.8 Å². The number of nitrogens with two attached hydrogens (primary N) is 1. The number of sulfonamides is 1. The average molecular weight is 305 g/mol. The van der Waals surface area contributed by atoms with Crippen LogP contribution in [0.3, 0.4) is 0 Å². The third-order valence-corrected chi connectivity index (χ3v) is 3.75. The third-order valence-electron chi connectivity index (χ3n) is 2.39. The van der Waals surface area contributed by atoms with E-state index in [0.29, 0.717) is 13.0 Å². The van der Waals surface area contributed by atoms with E-state index in [1.807, 2.05) is 0 Å². The lowest BCUT2D eigenvalue weighted by molar-refractivity contribution is 0.199. The van der Waals surface area contributed by atoms with E-state index in [9.17, 15) is 12.8 Å². The van der Waals surface area contributed by atoms with Gasteiger partial charge in [0.25, 0.3) is 0 Å². The van der Waals surface area contributed by atoms with E-state index in [1.54, 1.807) is 0 Å². The molecule has 1 aromatic carbocycles. The van der Waals surface area contributed by atoms with Gasteiger partial charge in [0.15, 0.2) is 5.84 Å². The number of nitrogens with one attached hydrogen (secondary N) is 1. The van der Waals surface area contributed by atoms with Gasteiger partial charge in [0.1, 0.15) is 5.82 Å². The molecule has 0 radical (unpaired) electrons. The second-order valence-corrected chi connectivity index (χ2v) is 5.78. The van der Waals surface area contributed by atoms with Gasteiger partial charge in [-0.2, -0.15) is 0 Å². The number of benzene rings is 1. The minimum atomic E-state index is -3.63. The van der Waals surface area contributed by atoms with Crippen LogP contribution in [-0.4, -0.2) is 38.9 Å². The SMILES string of the molecule is COCCCS(=O)(=O)Nc1ccc(F)cc1/C(N)=N/O. The molecule has 0 amide bonds. The third kappa shape index (κ3) is 4.67. The van der Waals surface area contributed by atoms with Crippen molar-refractivity contribution in [1.82, 2.24) is 0 Å². The lowest BCUT2D eigenvalue weighted by atomic mass is 10.1. The molecule has 0 aromatic heterocycles. The summed E-state index contributed by atoms with van der Waals surface area (Å²) in [5.74, 6) is -1.18. The van der Waals surface area contributed by atoms with Crippen LogP contribution in [0.15, 0.2) is 23.4 Å². The van der Waals surface area contributed by atoms with Crippen LogP contribution in [0, 0.1) is 5.82 Å². The molecule has 0 bridgehead atoms. The Kier molecular flexibility index (Phi) is 5.71. The first-order valence-corrected chi connectivity index (χ1v) is 7.31. The Morgan fingerprint density at radius 3 is 2.85 bits per heavy atom. The summed E-state index contributed by atoms with van der Waals surface area (Å²) in [6.07, 6.45) is 0.311. The van der Waals surface area contributed by atoms with Crippen LogP contribution in [0.25, 0.3) is 0 Å². The van der Waals surface area contributed by atoms with Gasteiger partial charge in [0, 0.05) is 19.3 Å². The molecule has 0 aliphatic carbocycles. The summed E-state index contributed by atoms with van der Waals surface area (Å²) in [5, 5.41) is 11.4. The number of anilines is 1. The quantitative estimate of drug-likeness (QED) is 0.225. The number of oxime groups is 1. The first-order chi connectivity index (χ1) is 9.39. The van der Waals surface area contributed by atoms with E-state index < -0.39 is 15.8 Å². The van der Waals surface area contributed by atoms with Crippen molar-refractivity contribution < 1.29 is 22.8 Å². The van der Waals surface area contributed by atoms with Gasteiger partial charge >= 0.3 is 0 Å². The molecule has 0 aliphatic heterocycles. The van der Waals surface area contributed by atoms with Crippen LogP contribution in [0.4, 0.5) is 10.1 Å². The monoisotopic (exact) mass is 305 g/mol. The predicted octanol–water partition coefficient (Wildman–Crippen LogP) is 0.698. The summed E-state index contributed by atoms with van der Waals surface area (Å²) in [5.41, 5.74) is 5.38. The van der Waals surface area contributed by atoms with E-state index in [-0.39, 0.29) is 22.8 Å². The van der Waals surface area contributed by atoms with Gasteiger partial charge in [-0.3, -0.25) is 4.72 Å². The molecule has 0 atom stereocenters. The van der Waals surface area contributed by atoms with Gasteiger partial charge in [-0.05, 0) is 24.6 Å². The van der Waals surface area contributed by atoms with Gasteiger partial charge in [0.05, 0.1) is 11.4 Å². The Balaban J connectivity index is 2.97. The molecule has 0 fully saturated rings. The Morgan fingerprint density at radius 2 is 2.25 bits per heavy atom. The number of ether oxygens (including phenoxy) is 1. The van der Waals surface area contributed by atoms with Crippen molar-refractivity contribution in [3.63, 3.8) is 0 Å². The van der Waals surface area contributed by atoms with Gasteiger partial charge in [-0.1, -0.05) is 5.16 Å². The maximum atomic E-state index is 13.1. The van der Waals surface area contributed by atoms with Crippen LogP contribution >= 0.6 is 0 Å².